The summed E-state index contributed by atoms with van der Waals surface area (Å²) in [7, 11) is 0. The SMILES string of the molecule is C[C@H](CO)CCCCCC(=O)c1cnc(N)[nH]1. The van der Waals surface area contributed by atoms with Gasteiger partial charge in [-0.05, 0) is 18.8 Å². The summed E-state index contributed by atoms with van der Waals surface area (Å²) in [5.74, 6) is 0.702. The van der Waals surface area contributed by atoms with Gasteiger partial charge in [-0.25, -0.2) is 4.98 Å². The van der Waals surface area contributed by atoms with Crippen LogP contribution in [0.2, 0.25) is 0 Å². The number of carbonyl (C=O) groups is 1. The maximum absolute atomic E-state index is 11.6. The minimum Gasteiger partial charge on any atom is -0.396 e. The van der Waals surface area contributed by atoms with Gasteiger partial charge < -0.3 is 15.8 Å². The molecule has 0 saturated carbocycles. The standard InChI is InChI=1S/C12H21N3O2/c1-9(8-16)5-3-2-4-6-11(17)10-7-14-12(13)15-10/h7,9,16H,2-6,8H2,1H3,(H3,13,14,15)/t9-/m0/s1. The Labute approximate surface area is 101 Å². The van der Waals surface area contributed by atoms with E-state index in [0.717, 1.165) is 25.7 Å². The average molecular weight is 239 g/mol. The van der Waals surface area contributed by atoms with Crippen molar-refractivity contribution < 1.29 is 9.90 Å². The molecule has 0 saturated heterocycles. The number of H-pyrrole nitrogens is 1. The number of hydrogen-bond donors (Lipinski definition) is 3. The van der Waals surface area contributed by atoms with Gasteiger partial charge in [0.15, 0.2) is 11.7 Å². The Bertz CT molecular complexity index is 349. The molecule has 4 N–H and O–H groups in total. The summed E-state index contributed by atoms with van der Waals surface area (Å²) in [5.41, 5.74) is 5.89. The molecule has 1 heterocycles. The Morgan fingerprint density at radius 1 is 1.53 bits per heavy atom. The smallest absolute Gasteiger partial charge is 0.197 e. The Balaban J connectivity index is 2.13. The molecule has 0 aliphatic heterocycles. The van der Waals surface area contributed by atoms with Gasteiger partial charge in [-0.3, -0.25) is 4.79 Å². The molecule has 1 aromatic heterocycles. The van der Waals surface area contributed by atoms with Gasteiger partial charge in [0.05, 0.1) is 6.20 Å². The summed E-state index contributed by atoms with van der Waals surface area (Å²) in [6.07, 6.45) is 5.96. The van der Waals surface area contributed by atoms with E-state index in [2.05, 4.69) is 9.97 Å². The molecule has 0 radical (unpaired) electrons. The topological polar surface area (TPSA) is 92.0 Å². The number of ketones is 1. The number of carbonyl (C=O) groups excluding carboxylic acids is 1. The van der Waals surface area contributed by atoms with Gasteiger partial charge in [0.25, 0.3) is 0 Å². The van der Waals surface area contributed by atoms with Crippen molar-refractivity contribution in [2.24, 2.45) is 5.92 Å². The van der Waals surface area contributed by atoms with E-state index in [1.165, 1.54) is 6.20 Å². The van der Waals surface area contributed by atoms with E-state index in [1.807, 2.05) is 6.92 Å². The van der Waals surface area contributed by atoms with Crippen molar-refractivity contribution in [3.05, 3.63) is 11.9 Å². The lowest BCUT2D eigenvalue weighted by molar-refractivity contribution is 0.0974. The first kappa shape index (κ1) is 13.7. The van der Waals surface area contributed by atoms with Crippen molar-refractivity contribution in [1.82, 2.24) is 9.97 Å². The highest BCUT2D eigenvalue weighted by molar-refractivity contribution is 5.94. The molecule has 0 fully saturated rings. The van der Waals surface area contributed by atoms with Gasteiger partial charge in [0.1, 0.15) is 5.69 Å². The second-order valence-electron chi connectivity index (χ2n) is 4.49. The molecule has 0 spiro atoms. The summed E-state index contributed by atoms with van der Waals surface area (Å²) < 4.78 is 0. The van der Waals surface area contributed by atoms with E-state index in [9.17, 15) is 4.79 Å². The number of nitrogens with one attached hydrogen (secondary N) is 1. The molecule has 1 atom stereocenters. The molecule has 0 bridgehead atoms. The van der Waals surface area contributed by atoms with Crippen LogP contribution < -0.4 is 5.73 Å². The van der Waals surface area contributed by atoms with Crippen LogP contribution in [0.3, 0.4) is 0 Å². The number of aromatic amines is 1. The highest BCUT2D eigenvalue weighted by Gasteiger charge is 2.08. The summed E-state index contributed by atoms with van der Waals surface area (Å²) in [4.78, 5) is 18.2. The fourth-order valence-corrected chi connectivity index (χ4v) is 1.66. The van der Waals surface area contributed by atoms with Crippen molar-refractivity contribution in [2.45, 2.75) is 39.0 Å². The molecule has 0 unspecified atom stereocenters. The van der Waals surface area contributed by atoms with Crippen molar-refractivity contribution >= 4 is 11.7 Å². The summed E-state index contributed by atoms with van der Waals surface area (Å²) in [6.45, 7) is 2.27. The summed E-state index contributed by atoms with van der Waals surface area (Å²) >= 11 is 0. The predicted molar refractivity (Wildman–Crippen MR) is 66.7 cm³/mol. The minimum absolute atomic E-state index is 0.0596. The van der Waals surface area contributed by atoms with Crippen molar-refractivity contribution in [3.63, 3.8) is 0 Å². The number of nitrogens with two attached hydrogens (primary N) is 1. The van der Waals surface area contributed by atoms with Crippen molar-refractivity contribution in [2.75, 3.05) is 12.3 Å². The van der Waals surface area contributed by atoms with Gasteiger partial charge in [-0.15, -0.1) is 0 Å². The predicted octanol–water partition coefficient (Wildman–Crippen LogP) is 1.75. The number of rotatable bonds is 8. The maximum atomic E-state index is 11.6. The molecule has 1 rings (SSSR count). The van der Waals surface area contributed by atoms with Gasteiger partial charge in [-0.2, -0.15) is 0 Å². The van der Waals surface area contributed by atoms with Crippen LogP contribution in [0.5, 0.6) is 0 Å². The number of imidazole rings is 1. The molecule has 0 aromatic carbocycles. The van der Waals surface area contributed by atoms with Crippen molar-refractivity contribution in [1.29, 1.82) is 0 Å². The maximum Gasteiger partial charge on any atom is 0.197 e. The van der Waals surface area contributed by atoms with Crippen molar-refractivity contribution in [3.8, 4) is 0 Å². The van der Waals surface area contributed by atoms with Crippen LogP contribution in [0.25, 0.3) is 0 Å². The molecular weight excluding hydrogens is 218 g/mol. The third kappa shape index (κ3) is 4.99. The molecule has 5 heteroatoms. The number of anilines is 1. The Morgan fingerprint density at radius 2 is 2.29 bits per heavy atom. The lowest BCUT2D eigenvalue weighted by atomic mass is 10.0. The van der Waals surface area contributed by atoms with E-state index in [-0.39, 0.29) is 18.3 Å². The van der Waals surface area contributed by atoms with E-state index >= 15 is 0 Å². The average Bonchev–Trinajstić information content (AvgIpc) is 2.75. The number of aliphatic hydroxyl groups excluding tert-OH is 1. The van der Waals surface area contributed by atoms with E-state index in [4.69, 9.17) is 10.8 Å². The molecule has 1 aromatic rings. The van der Waals surface area contributed by atoms with E-state index in [0.29, 0.717) is 18.0 Å². The van der Waals surface area contributed by atoms with Gasteiger partial charge in [0, 0.05) is 13.0 Å². The van der Waals surface area contributed by atoms with Crippen LogP contribution in [-0.4, -0.2) is 27.5 Å². The molecule has 96 valence electrons. The van der Waals surface area contributed by atoms with E-state index in [1.54, 1.807) is 0 Å². The fourth-order valence-electron chi connectivity index (χ4n) is 1.66. The highest BCUT2D eigenvalue weighted by Crippen LogP contribution is 2.11. The van der Waals surface area contributed by atoms with Crippen LogP contribution in [0.1, 0.15) is 49.5 Å². The van der Waals surface area contributed by atoms with Gasteiger partial charge >= 0.3 is 0 Å². The third-order valence-corrected chi connectivity index (χ3v) is 2.81. The normalized spacial score (nSPS) is 12.6. The molecule has 0 aliphatic carbocycles. The van der Waals surface area contributed by atoms with Crippen LogP contribution in [0.15, 0.2) is 6.20 Å². The number of nitrogen functional groups attached to an aromatic ring is 1. The number of hydrogen-bond acceptors (Lipinski definition) is 4. The number of unbranched alkanes of at least 4 members (excludes halogenated alkanes) is 2. The number of aliphatic hydroxyl groups is 1. The van der Waals surface area contributed by atoms with Crippen LogP contribution in [0.4, 0.5) is 5.95 Å². The number of aromatic nitrogens is 2. The Hall–Kier alpha value is -1.36. The lowest BCUT2D eigenvalue weighted by Gasteiger charge is -2.06. The first-order valence-corrected chi connectivity index (χ1v) is 6.08. The fraction of sp³-hybridized carbons (Fsp3) is 0.667. The summed E-state index contributed by atoms with van der Waals surface area (Å²) in [6, 6.07) is 0. The minimum atomic E-state index is 0.0596. The highest BCUT2D eigenvalue weighted by atomic mass is 16.3. The van der Waals surface area contributed by atoms with Crippen LogP contribution in [0, 0.1) is 5.92 Å². The monoisotopic (exact) mass is 239 g/mol. The summed E-state index contributed by atoms with van der Waals surface area (Å²) in [5, 5.41) is 8.85. The molecule has 0 amide bonds. The Morgan fingerprint density at radius 3 is 2.88 bits per heavy atom. The zero-order chi connectivity index (χ0) is 12.7. The lowest BCUT2D eigenvalue weighted by Crippen LogP contribution is -2.02. The molecular formula is C12H21N3O2. The zero-order valence-corrected chi connectivity index (χ0v) is 10.3. The number of Topliss-reactive ketones (excluding diaryl/α,β-unsaturated/α-hetero) is 1. The van der Waals surface area contributed by atoms with Crippen LogP contribution >= 0.6 is 0 Å². The largest absolute Gasteiger partial charge is 0.396 e. The van der Waals surface area contributed by atoms with Gasteiger partial charge in [0.2, 0.25) is 0 Å². The molecule has 5 nitrogen and oxygen atoms in total. The quantitative estimate of drug-likeness (QED) is 0.476. The zero-order valence-electron chi connectivity index (χ0n) is 10.3. The second kappa shape index (κ2) is 7.06. The van der Waals surface area contributed by atoms with Gasteiger partial charge in [-0.1, -0.05) is 19.8 Å². The molecule has 17 heavy (non-hydrogen) atoms. The molecule has 0 aliphatic rings. The first-order chi connectivity index (χ1) is 8.13. The number of nitrogens with zero attached hydrogens (tertiary/aromatic N) is 1. The van der Waals surface area contributed by atoms with E-state index < -0.39 is 0 Å². The van der Waals surface area contributed by atoms with Crippen LogP contribution in [-0.2, 0) is 0 Å². The Kier molecular flexibility index (Phi) is 5.69. The first-order valence-electron chi connectivity index (χ1n) is 6.08. The third-order valence-electron chi connectivity index (χ3n) is 2.81. The second-order valence-corrected chi connectivity index (χ2v) is 4.49.